The highest BCUT2D eigenvalue weighted by Gasteiger charge is 2.37. The largest absolute Gasteiger partial charge is 0.477 e. The van der Waals surface area contributed by atoms with Gasteiger partial charge in [0.25, 0.3) is 0 Å². The fourth-order valence-electron chi connectivity index (χ4n) is 5.83. The number of thiophene rings is 1. The van der Waals surface area contributed by atoms with E-state index < -0.39 is 5.97 Å². The molecule has 5 rings (SSSR count). The first-order valence-corrected chi connectivity index (χ1v) is 14.3. The number of piperidine rings is 1. The van der Waals surface area contributed by atoms with Gasteiger partial charge in [0.2, 0.25) is 5.91 Å². The summed E-state index contributed by atoms with van der Waals surface area (Å²) in [6, 6.07) is 22.3. The standard InChI is InChI=1S/C31H36N2O3S/c1-22-12-14-25(15-13-22)30(34)33(26-16-18-32(19-17-26)21-23-8-4-2-5-9-23)27-20-28(37-29(27)31(35)36)24-10-6-3-7-11-24/h2-11,20,22,25-26H,12-19,21H2,1H3,(H,35,36). The molecule has 194 valence electrons. The van der Waals surface area contributed by atoms with Crippen LogP contribution in [-0.2, 0) is 11.3 Å². The van der Waals surface area contributed by atoms with Gasteiger partial charge >= 0.3 is 5.97 Å². The van der Waals surface area contributed by atoms with Crippen LogP contribution in [0.15, 0.2) is 66.7 Å². The Morgan fingerprint density at radius 1 is 0.919 bits per heavy atom. The summed E-state index contributed by atoms with van der Waals surface area (Å²) >= 11 is 1.28. The second-order valence-corrected chi connectivity index (χ2v) is 11.7. The van der Waals surface area contributed by atoms with Crippen molar-refractivity contribution in [1.29, 1.82) is 0 Å². The topological polar surface area (TPSA) is 60.9 Å². The van der Waals surface area contributed by atoms with Gasteiger partial charge in [-0.15, -0.1) is 11.3 Å². The Bertz CT molecular complexity index is 1190. The molecule has 1 saturated heterocycles. The number of anilines is 1. The smallest absolute Gasteiger partial charge is 0.348 e. The molecule has 5 nitrogen and oxygen atoms in total. The molecule has 1 aromatic heterocycles. The first-order chi connectivity index (χ1) is 18.0. The Kier molecular flexibility index (Phi) is 8.06. The molecular formula is C31H36N2O3S. The molecule has 6 heteroatoms. The van der Waals surface area contributed by atoms with Gasteiger partial charge in [0, 0.05) is 36.5 Å². The highest BCUT2D eigenvalue weighted by atomic mass is 32.1. The molecule has 3 aromatic rings. The number of likely N-dealkylation sites (tertiary alicyclic amines) is 1. The van der Waals surface area contributed by atoms with E-state index in [2.05, 4.69) is 36.1 Å². The Morgan fingerprint density at radius 3 is 2.16 bits per heavy atom. The van der Waals surface area contributed by atoms with Crippen LogP contribution in [0.2, 0.25) is 0 Å². The third kappa shape index (κ3) is 5.97. The Morgan fingerprint density at radius 2 is 1.54 bits per heavy atom. The van der Waals surface area contributed by atoms with Crippen molar-refractivity contribution in [3.63, 3.8) is 0 Å². The summed E-state index contributed by atoms with van der Waals surface area (Å²) in [6.07, 6.45) is 5.59. The number of carbonyl (C=O) groups excluding carboxylic acids is 1. The van der Waals surface area contributed by atoms with E-state index >= 15 is 0 Å². The number of benzene rings is 2. The van der Waals surface area contributed by atoms with Crippen LogP contribution < -0.4 is 4.90 Å². The monoisotopic (exact) mass is 516 g/mol. The number of carbonyl (C=O) groups is 2. The summed E-state index contributed by atoms with van der Waals surface area (Å²) in [6.45, 7) is 4.94. The summed E-state index contributed by atoms with van der Waals surface area (Å²) in [5.74, 6) is -0.216. The predicted octanol–water partition coefficient (Wildman–Crippen LogP) is 6.94. The average Bonchev–Trinajstić information content (AvgIpc) is 3.37. The third-order valence-corrected chi connectivity index (χ3v) is 9.16. The number of carboxylic acids is 1. The van der Waals surface area contributed by atoms with Crippen LogP contribution in [0.4, 0.5) is 5.69 Å². The van der Waals surface area contributed by atoms with Crippen molar-refractivity contribution in [2.24, 2.45) is 11.8 Å². The molecule has 2 heterocycles. The number of aromatic carboxylic acids is 1. The van der Waals surface area contributed by atoms with Crippen molar-refractivity contribution in [2.45, 2.75) is 58.0 Å². The molecule has 0 spiro atoms. The number of rotatable bonds is 7. The van der Waals surface area contributed by atoms with E-state index in [9.17, 15) is 14.7 Å². The minimum absolute atomic E-state index is 0.00944. The van der Waals surface area contributed by atoms with Crippen LogP contribution in [0.25, 0.3) is 10.4 Å². The quantitative estimate of drug-likeness (QED) is 0.370. The van der Waals surface area contributed by atoms with Gasteiger partial charge in [-0.3, -0.25) is 9.69 Å². The normalized spacial score (nSPS) is 21.0. The Labute approximate surface area is 223 Å². The molecule has 37 heavy (non-hydrogen) atoms. The first-order valence-electron chi connectivity index (χ1n) is 13.5. The Balaban J connectivity index is 1.43. The molecule has 0 bridgehead atoms. The van der Waals surface area contributed by atoms with Crippen LogP contribution in [0, 0.1) is 11.8 Å². The molecule has 1 amide bonds. The second kappa shape index (κ2) is 11.6. The lowest BCUT2D eigenvalue weighted by atomic mass is 9.82. The molecule has 1 aliphatic heterocycles. The molecular weight excluding hydrogens is 480 g/mol. The molecule has 2 aliphatic rings. The number of hydrogen-bond donors (Lipinski definition) is 1. The third-order valence-electron chi connectivity index (χ3n) is 8.00. The van der Waals surface area contributed by atoms with E-state index in [1.165, 1.54) is 16.9 Å². The van der Waals surface area contributed by atoms with Crippen molar-refractivity contribution < 1.29 is 14.7 Å². The predicted molar refractivity (Wildman–Crippen MR) is 150 cm³/mol. The number of hydrogen-bond acceptors (Lipinski definition) is 4. The van der Waals surface area contributed by atoms with E-state index in [4.69, 9.17) is 0 Å². The van der Waals surface area contributed by atoms with Gasteiger partial charge in [0.1, 0.15) is 4.88 Å². The van der Waals surface area contributed by atoms with E-state index in [1.807, 2.05) is 47.4 Å². The highest BCUT2D eigenvalue weighted by molar-refractivity contribution is 7.18. The van der Waals surface area contributed by atoms with E-state index in [1.54, 1.807) is 0 Å². The lowest BCUT2D eigenvalue weighted by Crippen LogP contribution is -2.50. The molecule has 2 aromatic carbocycles. The van der Waals surface area contributed by atoms with Gasteiger partial charge in [-0.05, 0) is 61.6 Å². The summed E-state index contributed by atoms with van der Waals surface area (Å²) in [5.41, 5.74) is 2.86. The highest BCUT2D eigenvalue weighted by Crippen LogP contribution is 2.41. The van der Waals surface area contributed by atoms with Crippen molar-refractivity contribution in [2.75, 3.05) is 18.0 Å². The molecule has 0 radical (unpaired) electrons. The SMILES string of the molecule is CC1CCC(C(=O)N(c2cc(-c3ccccc3)sc2C(=O)O)C2CCN(Cc3ccccc3)CC2)CC1. The van der Waals surface area contributed by atoms with E-state index in [0.29, 0.717) is 11.6 Å². The zero-order chi connectivity index (χ0) is 25.8. The number of nitrogens with zero attached hydrogens (tertiary/aromatic N) is 2. The molecule has 2 fully saturated rings. The molecule has 0 atom stereocenters. The maximum Gasteiger partial charge on any atom is 0.348 e. The maximum atomic E-state index is 14.1. The summed E-state index contributed by atoms with van der Waals surface area (Å²) in [5, 5.41) is 10.2. The zero-order valence-corrected chi connectivity index (χ0v) is 22.3. The maximum absolute atomic E-state index is 14.1. The summed E-state index contributed by atoms with van der Waals surface area (Å²) in [7, 11) is 0. The average molecular weight is 517 g/mol. The molecule has 1 N–H and O–H groups in total. The lowest BCUT2D eigenvalue weighted by molar-refractivity contribution is -0.124. The summed E-state index contributed by atoms with van der Waals surface area (Å²) in [4.78, 5) is 32.0. The van der Waals surface area contributed by atoms with E-state index in [0.717, 1.165) is 68.6 Å². The van der Waals surface area contributed by atoms with Gasteiger partial charge in [-0.1, -0.05) is 67.6 Å². The minimum atomic E-state index is -0.959. The van der Waals surface area contributed by atoms with Crippen LogP contribution in [0.1, 0.15) is 60.7 Å². The van der Waals surface area contributed by atoms with Crippen LogP contribution >= 0.6 is 11.3 Å². The lowest BCUT2D eigenvalue weighted by Gasteiger charge is -2.40. The van der Waals surface area contributed by atoms with Crippen LogP contribution in [0.5, 0.6) is 0 Å². The fourth-order valence-corrected chi connectivity index (χ4v) is 6.83. The minimum Gasteiger partial charge on any atom is -0.477 e. The first kappa shape index (κ1) is 25.7. The number of amides is 1. The van der Waals surface area contributed by atoms with Crippen molar-refractivity contribution in [3.8, 4) is 10.4 Å². The van der Waals surface area contributed by atoms with Crippen LogP contribution in [0.3, 0.4) is 0 Å². The second-order valence-electron chi connectivity index (χ2n) is 10.7. The van der Waals surface area contributed by atoms with Crippen LogP contribution in [-0.4, -0.2) is 41.0 Å². The van der Waals surface area contributed by atoms with Gasteiger partial charge in [-0.2, -0.15) is 0 Å². The summed E-state index contributed by atoms with van der Waals surface area (Å²) < 4.78 is 0. The van der Waals surface area contributed by atoms with Gasteiger partial charge in [-0.25, -0.2) is 4.79 Å². The van der Waals surface area contributed by atoms with E-state index in [-0.39, 0.29) is 22.7 Å². The molecule has 1 saturated carbocycles. The van der Waals surface area contributed by atoms with Gasteiger partial charge in [0.15, 0.2) is 0 Å². The number of carboxylic acid groups (broad SMARTS) is 1. The fraction of sp³-hybridized carbons (Fsp3) is 0.419. The van der Waals surface area contributed by atoms with Crippen molar-refractivity contribution >= 4 is 28.9 Å². The Hall–Kier alpha value is -2.96. The van der Waals surface area contributed by atoms with Crippen molar-refractivity contribution in [1.82, 2.24) is 4.90 Å². The molecule has 1 aliphatic carbocycles. The molecule has 0 unspecified atom stereocenters. The van der Waals surface area contributed by atoms with Gasteiger partial charge in [0.05, 0.1) is 5.69 Å². The zero-order valence-electron chi connectivity index (χ0n) is 21.5. The van der Waals surface area contributed by atoms with Gasteiger partial charge < -0.3 is 10.0 Å². The van der Waals surface area contributed by atoms with Crippen molar-refractivity contribution in [3.05, 3.63) is 77.2 Å².